The molecule has 0 aliphatic rings. The standard InChI is InChI=1S/C9H19BrO2S/c1-3-9(10)7-5-4-6-8-13(2,11)12/h9H,3-8H2,1-2H3. The van der Waals surface area contributed by atoms with E-state index in [4.69, 9.17) is 0 Å². The van der Waals surface area contributed by atoms with Crippen molar-refractivity contribution in [3.05, 3.63) is 0 Å². The Morgan fingerprint density at radius 3 is 2.31 bits per heavy atom. The van der Waals surface area contributed by atoms with E-state index in [-0.39, 0.29) is 0 Å². The van der Waals surface area contributed by atoms with Crippen LogP contribution in [0, 0.1) is 0 Å². The molecule has 0 fully saturated rings. The Morgan fingerprint density at radius 1 is 1.23 bits per heavy atom. The summed E-state index contributed by atoms with van der Waals surface area (Å²) in [5, 5.41) is 0. The maximum absolute atomic E-state index is 10.8. The largest absolute Gasteiger partial charge is 0.229 e. The third kappa shape index (κ3) is 10.4. The van der Waals surface area contributed by atoms with Crippen LogP contribution in [0.3, 0.4) is 0 Å². The fourth-order valence-electron chi connectivity index (χ4n) is 1.11. The summed E-state index contributed by atoms with van der Waals surface area (Å²) in [7, 11) is -2.74. The molecule has 80 valence electrons. The molecule has 0 aromatic rings. The highest BCUT2D eigenvalue weighted by atomic mass is 79.9. The van der Waals surface area contributed by atoms with Crippen molar-refractivity contribution >= 4 is 25.8 Å². The predicted molar refractivity (Wildman–Crippen MR) is 61.2 cm³/mol. The number of unbranched alkanes of at least 4 members (excludes halogenated alkanes) is 2. The smallest absolute Gasteiger partial charge is 0.147 e. The van der Waals surface area contributed by atoms with Gasteiger partial charge in [0.15, 0.2) is 0 Å². The first-order chi connectivity index (χ1) is 5.95. The number of alkyl halides is 1. The summed E-state index contributed by atoms with van der Waals surface area (Å²) < 4.78 is 21.6. The summed E-state index contributed by atoms with van der Waals surface area (Å²) in [6, 6.07) is 0. The van der Waals surface area contributed by atoms with Crippen LogP contribution in [0.15, 0.2) is 0 Å². The lowest BCUT2D eigenvalue weighted by Crippen LogP contribution is -2.03. The van der Waals surface area contributed by atoms with E-state index >= 15 is 0 Å². The van der Waals surface area contributed by atoms with Gasteiger partial charge < -0.3 is 0 Å². The van der Waals surface area contributed by atoms with Crippen molar-refractivity contribution in [3.8, 4) is 0 Å². The van der Waals surface area contributed by atoms with Gasteiger partial charge in [-0.1, -0.05) is 35.7 Å². The first-order valence-corrected chi connectivity index (χ1v) is 7.75. The van der Waals surface area contributed by atoms with Crippen molar-refractivity contribution in [1.82, 2.24) is 0 Å². The van der Waals surface area contributed by atoms with Gasteiger partial charge in [-0.15, -0.1) is 0 Å². The normalized spacial score (nSPS) is 14.4. The van der Waals surface area contributed by atoms with Gasteiger partial charge in [-0.2, -0.15) is 0 Å². The maximum Gasteiger partial charge on any atom is 0.147 e. The van der Waals surface area contributed by atoms with E-state index < -0.39 is 9.84 Å². The second kappa shape index (κ2) is 6.82. The molecule has 2 nitrogen and oxygen atoms in total. The van der Waals surface area contributed by atoms with E-state index in [2.05, 4.69) is 22.9 Å². The van der Waals surface area contributed by atoms with Gasteiger partial charge in [0.1, 0.15) is 9.84 Å². The Labute approximate surface area is 90.2 Å². The van der Waals surface area contributed by atoms with Crippen LogP contribution in [0.4, 0.5) is 0 Å². The van der Waals surface area contributed by atoms with E-state index in [0.717, 1.165) is 32.1 Å². The fraction of sp³-hybridized carbons (Fsp3) is 1.00. The number of hydrogen-bond donors (Lipinski definition) is 0. The zero-order valence-corrected chi connectivity index (χ0v) is 10.8. The summed E-state index contributed by atoms with van der Waals surface area (Å²) in [6.07, 6.45) is 6.55. The summed E-state index contributed by atoms with van der Waals surface area (Å²) in [5.74, 6) is 0.339. The van der Waals surface area contributed by atoms with Gasteiger partial charge >= 0.3 is 0 Å². The maximum atomic E-state index is 10.8. The van der Waals surface area contributed by atoms with Crippen molar-refractivity contribution in [1.29, 1.82) is 0 Å². The van der Waals surface area contributed by atoms with Crippen molar-refractivity contribution in [2.24, 2.45) is 0 Å². The first kappa shape index (κ1) is 13.4. The lowest BCUT2D eigenvalue weighted by molar-refractivity contribution is 0.591. The minimum Gasteiger partial charge on any atom is -0.229 e. The molecule has 0 bridgehead atoms. The first-order valence-electron chi connectivity index (χ1n) is 4.77. The van der Waals surface area contributed by atoms with Gasteiger partial charge in [0.25, 0.3) is 0 Å². The lowest BCUT2D eigenvalue weighted by atomic mass is 10.1. The van der Waals surface area contributed by atoms with Gasteiger partial charge in [0, 0.05) is 16.8 Å². The molecule has 0 saturated heterocycles. The highest BCUT2D eigenvalue weighted by molar-refractivity contribution is 9.09. The molecule has 1 atom stereocenters. The number of sulfone groups is 1. The molecule has 0 aliphatic carbocycles. The van der Waals surface area contributed by atoms with Gasteiger partial charge in [-0.05, 0) is 19.3 Å². The summed E-state index contributed by atoms with van der Waals surface area (Å²) in [6.45, 7) is 2.15. The van der Waals surface area contributed by atoms with E-state index in [1.54, 1.807) is 0 Å². The molecule has 1 unspecified atom stereocenters. The van der Waals surface area contributed by atoms with Crippen LogP contribution in [-0.2, 0) is 9.84 Å². The molecule has 0 N–H and O–H groups in total. The molecule has 13 heavy (non-hydrogen) atoms. The van der Waals surface area contributed by atoms with E-state index in [1.807, 2.05) is 0 Å². The Bertz CT molecular complexity index is 212. The predicted octanol–water partition coefficient (Wildman–Crippen LogP) is 2.76. The Kier molecular flexibility index (Phi) is 7.05. The van der Waals surface area contributed by atoms with Crippen LogP contribution < -0.4 is 0 Å². The minimum atomic E-state index is -2.74. The van der Waals surface area contributed by atoms with Gasteiger partial charge in [0.2, 0.25) is 0 Å². The van der Waals surface area contributed by atoms with E-state index in [9.17, 15) is 8.42 Å². The topological polar surface area (TPSA) is 34.1 Å². The Hall–Kier alpha value is 0.430. The molecule has 0 rings (SSSR count). The van der Waals surface area contributed by atoms with Crippen LogP contribution in [0.2, 0.25) is 0 Å². The molecule has 0 heterocycles. The van der Waals surface area contributed by atoms with Crippen molar-refractivity contribution in [2.45, 2.75) is 43.9 Å². The lowest BCUT2D eigenvalue weighted by Gasteiger charge is -2.05. The van der Waals surface area contributed by atoms with Crippen molar-refractivity contribution < 1.29 is 8.42 Å². The second-order valence-corrected chi connectivity index (χ2v) is 7.04. The Balaban J connectivity index is 3.27. The zero-order valence-electron chi connectivity index (χ0n) is 8.42. The van der Waals surface area contributed by atoms with Crippen LogP contribution in [0.25, 0.3) is 0 Å². The van der Waals surface area contributed by atoms with E-state index in [1.165, 1.54) is 6.26 Å². The molecule has 0 aromatic carbocycles. The molecule has 0 aliphatic heterocycles. The number of rotatable bonds is 7. The van der Waals surface area contributed by atoms with Gasteiger partial charge in [-0.3, -0.25) is 0 Å². The third-order valence-electron chi connectivity index (χ3n) is 1.98. The summed E-state index contributed by atoms with van der Waals surface area (Å²) in [5.41, 5.74) is 0. The minimum absolute atomic E-state index is 0.339. The summed E-state index contributed by atoms with van der Waals surface area (Å²) in [4.78, 5) is 0.603. The van der Waals surface area contributed by atoms with E-state index in [0.29, 0.717) is 10.6 Å². The molecule has 0 saturated carbocycles. The fourth-order valence-corrected chi connectivity index (χ4v) is 2.16. The van der Waals surface area contributed by atoms with Gasteiger partial charge in [-0.25, -0.2) is 8.42 Å². The van der Waals surface area contributed by atoms with Crippen molar-refractivity contribution in [3.63, 3.8) is 0 Å². The summed E-state index contributed by atoms with van der Waals surface area (Å²) >= 11 is 3.55. The SMILES string of the molecule is CCC(Br)CCCCCS(C)(=O)=O. The quantitative estimate of drug-likeness (QED) is 0.527. The molecular formula is C9H19BrO2S. The van der Waals surface area contributed by atoms with Crippen LogP contribution in [0.5, 0.6) is 0 Å². The monoisotopic (exact) mass is 270 g/mol. The molecule has 4 heteroatoms. The molecule has 0 spiro atoms. The zero-order chi connectivity index (χ0) is 10.3. The average molecular weight is 271 g/mol. The Morgan fingerprint density at radius 2 is 1.85 bits per heavy atom. The highest BCUT2D eigenvalue weighted by Crippen LogP contribution is 2.14. The van der Waals surface area contributed by atoms with Crippen molar-refractivity contribution in [2.75, 3.05) is 12.0 Å². The number of hydrogen-bond acceptors (Lipinski definition) is 2. The highest BCUT2D eigenvalue weighted by Gasteiger charge is 2.03. The third-order valence-corrected chi connectivity index (χ3v) is 4.11. The molecule has 0 aromatic heterocycles. The number of halogens is 1. The molecular weight excluding hydrogens is 252 g/mol. The second-order valence-electron chi connectivity index (χ2n) is 3.48. The van der Waals surface area contributed by atoms with Gasteiger partial charge in [0.05, 0.1) is 0 Å². The van der Waals surface area contributed by atoms with Crippen LogP contribution in [-0.4, -0.2) is 25.3 Å². The van der Waals surface area contributed by atoms with Crippen LogP contribution in [0.1, 0.15) is 39.0 Å². The average Bonchev–Trinajstić information content (AvgIpc) is 2.01. The molecule has 0 amide bonds. The molecule has 0 radical (unpaired) electrons. The van der Waals surface area contributed by atoms with Crippen LogP contribution >= 0.6 is 15.9 Å².